The minimum atomic E-state index is -0.289. The molecule has 1 aliphatic heterocycles. The van der Waals surface area contributed by atoms with Crippen molar-refractivity contribution in [2.24, 2.45) is 5.92 Å². The summed E-state index contributed by atoms with van der Waals surface area (Å²) in [7, 11) is 0. The maximum atomic E-state index is 13.0. The molecule has 0 radical (unpaired) electrons. The normalized spacial score (nSPS) is 14.2. The lowest BCUT2D eigenvalue weighted by Crippen LogP contribution is -2.30. The van der Waals surface area contributed by atoms with E-state index in [1.54, 1.807) is 18.3 Å². The molecule has 2 heterocycles. The van der Waals surface area contributed by atoms with E-state index in [1.807, 2.05) is 42.5 Å². The van der Waals surface area contributed by atoms with Gasteiger partial charge in [-0.05, 0) is 98.6 Å². The van der Waals surface area contributed by atoms with Crippen LogP contribution in [-0.4, -0.2) is 29.7 Å². The topological polar surface area (TPSA) is 68.3 Å². The van der Waals surface area contributed by atoms with Gasteiger partial charge in [0.2, 0.25) is 5.88 Å². The molecule has 5 rings (SSSR count). The lowest BCUT2D eigenvalue weighted by atomic mass is 9.99. The molecule has 7 heteroatoms. The molecule has 1 aliphatic rings. The second-order valence-corrected chi connectivity index (χ2v) is 8.12. The van der Waals surface area contributed by atoms with Crippen molar-refractivity contribution < 1.29 is 13.9 Å². The van der Waals surface area contributed by atoms with Crippen LogP contribution in [0.25, 0.3) is 11.0 Å². The number of halogens is 1. The van der Waals surface area contributed by atoms with E-state index in [9.17, 15) is 4.39 Å². The number of ether oxygens (including phenoxy) is 2. The first-order valence-corrected chi connectivity index (χ1v) is 11.1. The van der Waals surface area contributed by atoms with Crippen LogP contribution in [0, 0.1) is 11.7 Å². The minimum Gasteiger partial charge on any atom is -0.476 e. The van der Waals surface area contributed by atoms with E-state index >= 15 is 0 Å². The monoisotopic (exact) mass is 444 g/mol. The van der Waals surface area contributed by atoms with Crippen LogP contribution in [0.2, 0.25) is 0 Å². The van der Waals surface area contributed by atoms with Gasteiger partial charge >= 0.3 is 0 Å². The molecule has 0 spiro atoms. The zero-order valence-electron chi connectivity index (χ0n) is 18.1. The summed E-state index contributed by atoms with van der Waals surface area (Å²) in [5, 5.41) is 6.75. The number of fused-ring (bicyclic) bond motifs is 1. The molecular weight excluding hydrogens is 419 g/mol. The van der Waals surface area contributed by atoms with Gasteiger partial charge in [0.25, 0.3) is 0 Å². The fourth-order valence-corrected chi connectivity index (χ4v) is 3.81. The third-order valence-corrected chi connectivity index (χ3v) is 5.64. The summed E-state index contributed by atoms with van der Waals surface area (Å²) in [6, 6.07) is 19.4. The summed E-state index contributed by atoms with van der Waals surface area (Å²) in [5.74, 6) is 2.09. The molecule has 0 bridgehead atoms. The van der Waals surface area contributed by atoms with Gasteiger partial charge in [0.15, 0.2) is 0 Å². The number of aromatic nitrogens is 2. The molecule has 1 saturated heterocycles. The van der Waals surface area contributed by atoms with Crippen molar-refractivity contribution in [1.29, 1.82) is 0 Å². The van der Waals surface area contributed by atoms with E-state index in [0.29, 0.717) is 29.9 Å². The molecule has 0 unspecified atom stereocenters. The maximum absolute atomic E-state index is 13.0. The molecule has 0 amide bonds. The first kappa shape index (κ1) is 21.2. The Morgan fingerprint density at radius 1 is 0.879 bits per heavy atom. The van der Waals surface area contributed by atoms with Gasteiger partial charge < -0.3 is 20.1 Å². The summed E-state index contributed by atoms with van der Waals surface area (Å²) in [6.07, 6.45) is 3.95. The summed E-state index contributed by atoms with van der Waals surface area (Å²) >= 11 is 0. The zero-order valence-corrected chi connectivity index (χ0v) is 18.1. The van der Waals surface area contributed by atoms with Crippen LogP contribution in [0.5, 0.6) is 17.4 Å². The van der Waals surface area contributed by atoms with Crippen LogP contribution in [0.15, 0.2) is 72.9 Å². The number of nitrogens with one attached hydrogen (secondary N) is 2. The lowest BCUT2D eigenvalue weighted by Gasteiger charge is -2.22. The third kappa shape index (κ3) is 5.56. The first-order chi connectivity index (χ1) is 16.2. The number of piperidine rings is 1. The van der Waals surface area contributed by atoms with Crippen molar-refractivity contribution in [3.8, 4) is 17.4 Å². The molecule has 1 fully saturated rings. The quantitative estimate of drug-likeness (QED) is 0.382. The number of nitrogens with zero attached hydrogens (tertiary/aromatic N) is 2. The zero-order chi connectivity index (χ0) is 22.5. The Hall–Kier alpha value is -3.71. The van der Waals surface area contributed by atoms with Gasteiger partial charge in [-0.3, -0.25) is 0 Å². The van der Waals surface area contributed by atoms with Crippen molar-refractivity contribution in [3.63, 3.8) is 0 Å². The van der Waals surface area contributed by atoms with Crippen LogP contribution in [-0.2, 0) is 0 Å². The molecular formula is C26H25FN4O2. The standard InChI is InChI=1S/C26H25FN4O2/c27-19-1-6-22(7-2-19)33-23-8-3-20(4-9-23)30-21-5-10-24-25(15-21)31-26(16-29-24)32-17-18-11-13-28-14-12-18/h1-10,15-16,18,28,30H,11-14,17H2. The molecule has 0 saturated carbocycles. The lowest BCUT2D eigenvalue weighted by molar-refractivity contribution is 0.209. The number of benzene rings is 3. The molecule has 33 heavy (non-hydrogen) atoms. The number of anilines is 2. The molecule has 3 aromatic carbocycles. The van der Waals surface area contributed by atoms with Gasteiger partial charge in [-0.2, -0.15) is 0 Å². The second kappa shape index (κ2) is 9.83. The van der Waals surface area contributed by atoms with Crippen molar-refractivity contribution in [2.45, 2.75) is 12.8 Å². The van der Waals surface area contributed by atoms with Gasteiger partial charge in [-0.1, -0.05) is 0 Å². The van der Waals surface area contributed by atoms with Crippen molar-refractivity contribution in [1.82, 2.24) is 15.3 Å². The van der Waals surface area contributed by atoms with Crippen molar-refractivity contribution in [2.75, 3.05) is 25.0 Å². The summed E-state index contributed by atoms with van der Waals surface area (Å²) in [6.45, 7) is 2.77. The number of rotatable bonds is 7. The third-order valence-electron chi connectivity index (χ3n) is 5.64. The van der Waals surface area contributed by atoms with Gasteiger partial charge in [0.05, 0.1) is 23.8 Å². The highest BCUT2D eigenvalue weighted by atomic mass is 19.1. The maximum Gasteiger partial charge on any atom is 0.232 e. The van der Waals surface area contributed by atoms with Gasteiger partial charge in [0.1, 0.15) is 17.3 Å². The smallest absolute Gasteiger partial charge is 0.232 e. The highest BCUT2D eigenvalue weighted by molar-refractivity contribution is 5.80. The van der Waals surface area contributed by atoms with Crippen LogP contribution >= 0.6 is 0 Å². The van der Waals surface area contributed by atoms with Crippen molar-refractivity contribution in [3.05, 3.63) is 78.7 Å². The predicted octanol–water partition coefficient (Wildman–Crippen LogP) is 5.68. The van der Waals surface area contributed by atoms with Gasteiger partial charge in [0, 0.05) is 11.4 Å². The molecule has 0 atom stereocenters. The Kier molecular flexibility index (Phi) is 6.30. The molecule has 2 N–H and O–H groups in total. The summed E-state index contributed by atoms with van der Waals surface area (Å²) in [5.41, 5.74) is 3.41. The molecule has 4 aromatic rings. The van der Waals surface area contributed by atoms with Crippen LogP contribution in [0.1, 0.15) is 12.8 Å². The molecule has 168 valence electrons. The Bertz CT molecular complexity index is 1210. The Labute approximate surface area is 191 Å². The fourth-order valence-electron chi connectivity index (χ4n) is 3.81. The van der Waals surface area contributed by atoms with Crippen LogP contribution in [0.4, 0.5) is 15.8 Å². The predicted molar refractivity (Wildman–Crippen MR) is 127 cm³/mol. The summed E-state index contributed by atoms with van der Waals surface area (Å²) < 4.78 is 24.7. The first-order valence-electron chi connectivity index (χ1n) is 11.1. The van der Waals surface area contributed by atoms with E-state index in [1.165, 1.54) is 12.1 Å². The van der Waals surface area contributed by atoms with Gasteiger partial charge in [-0.15, -0.1) is 0 Å². The minimum absolute atomic E-state index is 0.289. The SMILES string of the molecule is Fc1ccc(Oc2ccc(Nc3ccc4ncc(OCC5CCNCC5)nc4c3)cc2)cc1. The van der Waals surface area contributed by atoms with Crippen LogP contribution in [0.3, 0.4) is 0 Å². The number of hydrogen-bond acceptors (Lipinski definition) is 6. The Balaban J connectivity index is 1.23. The highest BCUT2D eigenvalue weighted by Gasteiger charge is 2.14. The van der Waals surface area contributed by atoms with E-state index in [0.717, 1.165) is 48.3 Å². The molecule has 1 aromatic heterocycles. The Morgan fingerprint density at radius 3 is 2.33 bits per heavy atom. The second-order valence-electron chi connectivity index (χ2n) is 8.12. The van der Waals surface area contributed by atoms with E-state index in [2.05, 4.69) is 20.6 Å². The Morgan fingerprint density at radius 2 is 1.58 bits per heavy atom. The molecule has 0 aliphatic carbocycles. The van der Waals surface area contributed by atoms with Gasteiger partial charge in [-0.25, -0.2) is 14.4 Å². The van der Waals surface area contributed by atoms with E-state index in [-0.39, 0.29) is 5.82 Å². The molecule has 6 nitrogen and oxygen atoms in total. The van der Waals surface area contributed by atoms with Crippen molar-refractivity contribution >= 4 is 22.4 Å². The van der Waals surface area contributed by atoms with E-state index in [4.69, 9.17) is 9.47 Å². The largest absolute Gasteiger partial charge is 0.476 e. The highest BCUT2D eigenvalue weighted by Crippen LogP contribution is 2.26. The summed E-state index contributed by atoms with van der Waals surface area (Å²) in [4.78, 5) is 9.12. The average Bonchev–Trinajstić information content (AvgIpc) is 2.86. The average molecular weight is 445 g/mol. The number of hydrogen-bond donors (Lipinski definition) is 2. The fraction of sp³-hybridized carbons (Fsp3) is 0.231. The van der Waals surface area contributed by atoms with E-state index < -0.39 is 0 Å². The van der Waals surface area contributed by atoms with Crippen LogP contribution < -0.4 is 20.1 Å².